The Balaban J connectivity index is 3.32. The van der Waals surface area contributed by atoms with Gasteiger partial charge in [-0.3, -0.25) is 0 Å². The Kier molecular flexibility index (Phi) is 4.79. The third-order valence-corrected chi connectivity index (χ3v) is 1.89. The Hall–Kier alpha value is -2.00. The summed E-state index contributed by atoms with van der Waals surface area (Å²) in [5.41, 5.74) is -2.71. The maximum Gasteiger partial charge on any atom is 0.574 e. The van der Waals surface area contributed by atoms with Gasteiger partial charge in [0.25, 0.3) is 6.43 Å². The molecule has 112 valence electrons. The average molecular weight is 303 g/mol. The van der Waals surface area contributed by atoms with Crippen LogP contribution in [0.1, 0.15) is 29.4 Å². The van der Waals surface area contributed by atoms with E-state index in [2.05, 4.69) is 14.5 Å². The summed E-state index contributed by atoms with van der Waals surface area (Å²) in [5, 5.41) is 0. The Morgan fingerprint density at radius 2 is 2.00 bits per heavy atom. The first-order valence-corrected chi connectivity index (χ1v) is 5.07. The van der Waals surface area contributed by atoms with Crippen LogP contribution in [0.3, 0.4) is 0 Å². The minimum atomic E-state index is -5.21. The quantitative estimate of drug-likeness (QED) is 0.633. The number of nitrogens with zero attached hydrogens (tertiary/aromatic N) is 1. The van der Waals surface area contributed by atoms with Crippen LogP contribution in [0.4, 0.5) is 26.3 Å². The van der Waals surface area contributed by atoms with E-state index in [0.29, 0.717) is 0 Å². The Morgan fingerprint density at radius 3 is 2.45 bits per heavy atom. The molecular formula is C10H7F6NO3. The van der Waals surface area contributed by atoms with Gasteiger partial charge >= 0.3 is 12.3 Å². The smallest absolute Gasteiger partial charge is 0.461 e. The van der Waals surface area contributed by atoms with Crippen LogP contribution in [0.2, 0.25) is 0 Å². The number of esters is 1. The minimum absolute atomic E-state index is 0.0116. The fourth-order valence-electron chi connectivity index (χ4n) is 1.24. The molecule has 0 N–H and O–H groups in total. The summed E-state index contributed by atoms with van der Waals surface area (Å²) >= 11 is 0. The topological polar surface area (TPSA) is 48.4 Å². The highest BCUT2D eigenvalue weighted by Crippen LogP contribution is 2.30. The second kappa shape index (κ2) is 5.97. The Labute approximate surface area is 108 Å². The summed E-state index contributed by atoms with van der Waals surface area (Å²) in [4.78, 5) is 14.2. The first kappa shape index (κ1) is 16.1. The van der Waals surface area contributed by atoms with Gasteiger partial charge < -0.3 is 9.47 Å². The number of hydrogen-bond donors (Lipinski definition) is 0. The molecule has 0 spiro atoms. The number of rotatable bonds is 4. The summed E-state index contributed by atoms with van der Waals surface area (Å²) in [6.07, 6.45) is -8.67. The van der Waals surface area contributed by atoms with Crippen molar-refractivity contribution >= 4 is 5.97 Å². The second-order valence-corrected chi connectivity index (χ2v) is 3.27. The Bertz CT molecular complexity index is 503. The van der Waals surface area contributed by atoms with Crippen LogP contribution in [0.5, 0.6) is 5.88 Å². The van der Waals surface area contributed by atoms with Gasteiger partial charge in [0, 0.05) is 6.07 Å². The fourth-order valence-corrected chi connectivity index (χ4v) is 1.24. The van der Waals surface area contributed by atoms with Crippen molar-refractivity contribution in [1.29, 1.82) is 0 Å². The average Bonchev–Trinajstić information content (AvgIpc) is 2.25. The van der Waals surface area contributed by atoms with Gasteiger partial charge in [-0.1, -0.05) is 0 Å². The van der Waals surface area contributed by atoms with E-state index in [1.54, 1.807) is 0 Å². The third-order valence-electron chi connectivity index (χ3n) is 1.89. The number of carbonyl (C=O) groups excluding carboxylic acids is 1. The number of carbonyl (C=O) groups is 1. The molecule has 0 fully saturated rings. The van der Waals surface area contributed by atoms with Crippen molar-refractivity contribution in [2.45, 2.75) is 19.7 Å². The summed E-state index contributed by atoms with van der Waals surface area (Å²) in [6.45, 7) is 1.07. The second-order valence-electron chi connectivity index (χ2n) is 3.27. The minimum Gasteiger partial charge on any atom is -0.461 e. The lowest BCUT2D eigenvalue weighted by molar-refractivity contribution is -0.276. The molecule has 0 amide bonds. The van der Waals surface area contributed by atoms with E-state index >= 15 is 0 Å². The molecular weight excluding hydrogens is 296 g/mol. The first-order valence-electron chi connectivity index (χ1n) is 5.07. The molecule has 1 aromatic rings. The van der Waals surface area contributed by atoms with E-state index in [-0.39, 0.29) is 12.7 Å². The zero-order chi connectivity index (χ0) is 15.5. The van der Waals surface area contributed by atoms with E-state index < -0.39 is 41.7 Å². The van der Waals surface area contributed by atoms with Gasteiger partial charge in [0.05, 0.1) is 12.2 Å². The van der Waals surface area contributed by atoms with Crippen LogP contribution in [0.15, 0.2) is 6.07 Å². The van der Waals surface area contributed by atoms with Crippen molar-refractivity contribution in [3.63, 3.8) is 0 Å². The molecule has 0 bridgehead atoms. The summed E-state index contributed by atoms with van der Waals surface area (Å²) < 4.78 is 82.1. The van der Waals surface area contributed by atoms with Gasteiger partial charge in [0.2, 0.25) is 5.88 Å². The fraction of sp³-hybridized carbons (Fsp3) is 0.400. The molecule has 0 saturated carbocycles. The molecule has 0 aliphatic heterocycles. The van der Waals surface area contributed by atoms with E-state index in [1.165, 1.54) is 6.92 Å². The van der Waals surface area contributed by atoms with Crippen LogP contribution < -0.4 is 4.74 Å². The summed E-state index contributed by atoms with van der Waals surface area (Å²) in [5.74, 6) is -4.60. The van der Waals surface area contributed by atoms with Crippen molar-refractivity contribution in [1.82, 2.24) is 4.98 Å². The lowest BCUT2D eigenvalue weighted by Crippen LogP contribution is -2.20. The van der Waals surface area contributed by atoms with Crippen molar-refractivity contribution in [3.8, 4) is 5.88 Å². The van der Waals surface area contributed by atoms with Gasteiger partial charge in [0.15, 0.2) is 5.69 Å². The SMILES string of the molecule is CCOC(=O)c1nc(OC(F)(F)F)cc(F)c1C(F)F. The number of halogens is 6. The lowest BCUT2D eigenvalue weighted by Gasteiger charge is -2.12. The molecule has 0 aliphatic carbocycles. The predicted molar refractivity (Wildman–Crippen MR) is 51.8 cm³/mol. The molecule has 1 heterocycles. The van der Waals surface area contributed by atoms with Crippen molar-refractivity contribution < 1.29 is 40.6 Å². The molecule has 0 radical (unpaired) electrons. The maximum atomic E-state index is 13.4. The molecule has 0 unspecified atom stereocenters. The molecule has 0 saturated heterocycles. The van der Waals surface area contributed by atoms with Crippen LogP contribution in [0, 0.1) is 5.82 Å². The molecule has 1 rings (SSSR count). The standard InChI is InChI=1S/C10H7F6NO3/c1-2-19-9(18)7-6(8(12)13)4(11)3-5(17-7)20-10(14,15)16/h3,8H,2H2,1H3. The molecule has 20 heavy (non-hydrogen) atoms. The van der Waals surface area contributed by atoms with Crippen LogP contribution in [-0.4, -0.2) is 23.9 Å². The highest BCUT2D eigenvalue weighted by Gasteiger charge is 2.34. The van der Waals surface area contributed by atoms with Gasteiger partial charge in [-0.15, -0.1) is 13.2 Å². The third kappa shape index (κ3) is 4.00. The van der Waals surface area contributed by atoms with E-state index in [1.807, 2.05) is 0 Å². The van der Waals surface area contributed by atoms with Crippen LogP contribution in [0.25, 0.3) is 0 Å². The number of ether oxygens (including phenoxy) is 2. The monoisotopic (exact) mass is 303 g/mol. The molecule has 0 aromatic carbocycles. The lowest BCUT2D eigenvalue weighted by atomic mass is 10.2. The number of alkyl halides is 5. The van der Waals surface area contributed by atoms with Gasteiger partial charge in [0.1, 0.15) is 5.82 Å². The van der Waals surface area contributed by atoms with E-state index in [4.69, 9.17) is 0 Å². The van der Waals surface area contributed by atoms with Crippen molar-refractivity contribution in [2.75, 3.05) is 6.61 Å². The van der Waals surface area contributed by atoms with Gasteiger partial charge in [-0.2, -0.15) is 0 Å². The normalized spacial score (nSPS) is 11.6. The number of pyridine rings is 1. The highest BCUT2D eigenvalue weighted by atomic mass is 19.4. The molecule has 4 nitrogen and oxygen atoms in total. The summed E-state index contributed by atoms with van der Waals surface area (Å²) in [7, 11) is 0. The van der Waals surface area contributed by atoms with Crippen molar-refractivity contribution in [3.05, 3.63) is 23.1 Å². The van der Waals surface area contributed by atoms with Gasteiger partial charge in [-0.25, -0.2) is 22.9 Å². The summed E-state index contributed by atoms with van der Waals surface area (Å²) in [6, 6.07) is 0.0116. The molecule has 0 aliphatic rings. The van der Waals surface area contributed by atoms with Crippen LogP contribution >= 0.6 is 0 Å². The zero-order valence-electron chi connectivity index (χ0n) is 9.80. The number of aromatic nitrogens is 1. The zero-order valence-corrected chi connectivity index (χ0v) is 9.80. The first-order chi connectivity index (χ1) is 9.15. The van der Waals surface area contributed by atoms with E-state index in [9.17, 15) is 31.1 Å². The Morgan fingerprint density at radius 1 is 1.40 bits per heavy atom. The molecule has 0 atom stereocenters. The largest absolute Gasteiger partial charge is 0.574 e. The van der Waals surface area contributed by atoms with Crippen molar-refractivity contribution in [2.24, 2.45) is 0 Å². The van der Waals surface area contributed by atoms with Crippen LogP contribution in [-0.2, 0) is 4.74 Å². The van der Waals surface area contributed by atoms with E-state index in [0.717, 1.165) is 0 Å². The predicted octanol–water partition coefficient (Wildman–Crippen LogP) is 3.23. The highest BCUT2D eigenvalue weighted by molar-refractivity contribution is 5.89. The maximum absolute atomic E-state index is 13.4. The van der Waals surface area contributed by atoms with Gasteiger partial charge in [-0.05, 0) is 6.92 Å². The molecule has 1 aromatic heterocycles. The molecule has 10 heteroatoms. The number of hydrogen-bond acceptors (Lipinski definition) is 4.